The Bertz CT molecular complexity index is 564. The van der Waals surface area contributed by atoms with E-state index in [0.717, 1.165) is 12.8 Å². The lowest BCUT2D eigenvalue weighted by Crippen LogP contribution is -2.41. The first-order valence-electron chi connectivity index (χ1n) is 6.64. The molecule has 0 aliphatic carbocycles. The van der Waals surface area contributed by atoms with E-state index >= 15 is 0 Å². The number of imide groups is 1. The predicted molar refractivity (Wildman–Crippen MR) is 83.2 cm³/mol. The molecule has 0 aliphatic heterocycles. The van der Waals surface area contributed by atoms with E-state index in [1.807, 2.05) is 6.92 Å². The summed E-state index contributed by atoms with van der Waals surface area (Å²) >= 11 is 11.5. The fourth-order valence-electron chi connectivity index (χ4n) is 1.42. The van der Waals surface area contributed by atoms with Crippen LogP contribution in [0.3, 0.4) is 0 Å². The molecular formula is C14H16Cl2N2O4. The van der Waals surface area contributed by atoms with Crippen molar-refractivity contribution in [2.24, 2.45) is 0 Å². The molecule has 0 aliphatic rings. The Labute approximate surface area is 138 Å². The topological polar surface area (TPSA) is 84.5 Å². The third-order valence-electron chi connectivity index (χ3n) is 2.56. The fraction of sp³-hybridized carbons (Fsp3) is 0.357. The Balaban J connectivity index is 2.38. The maximum Gasteiger partial charge on any atom is 0.338 e. The molecule has 22 heavy (non-hydrogen) atoms. The van der Waals surface area contributed by atoms with E-state index in [9.17, 15) is 14.4 Å². The summed E-state index contributed by atoms with van der Waals surface area (Å²) in [7, 11) is 0. The molecule has 0 aromatic heterocycles. The zero-order valence-corrected chi connectivity index (χ0v) is 13.5. The van der Waals surface area contributed by atoms with Gasteiger partial charge in [0.2, 0.25) is 0 Å². The number of ether oxygens (including phenoxy) is 1. The summed E-state index contributed by atoms with van der Waals surface area (Å²) in [5, 5.41) is 5.07. The zero-order chi connectivity index (χ0) is 16.5. The van der Waals surface area contributed by atoms with Crippen LogP contribution in [0.4, 0.5) is 4.79 Å². The van der Waals surface area contributed by atoms with E-state index in [1.165, 1.54) is 18.2 Å². The summed E-state index contributed by atoms with van der Waals surface area (Å²) in [6.07, 6.45) is 1.74. The molecule has 0 atom stereocenters. The highest BCUT2D eigenvalue weighted by atomic mass is 35.5. The van der Waals surface area contributed by atoms with Gasteiger partial charge >= 0.3 is 12.0 Å². The van der Waals surface area contributed by atoms with Crippen LogP contribution < -0.4 is 10.6 Å². The number of rotatable bonds is 6. The molecule has 0 bridgehead atoms. The van der Waals surface area contributed by atoms with Crippen molar-refractivity contribution >= 4 is 41.1 Å². The highest BCUT2D eigenvalue weighted by molar-refractivity contribution is 6.42. The van der Waals surface area contributed by atoms with E-state index in [-0.39, 0.29) is 10.6 Å². The van der Waals surface area contributed by atoms with Crippen LogP contribution in [0.25, 0.3) is 0 Å². The van der Waals surface area contributed by atoms with E-state index < -0.39 is 24.5 Å². The summed E-state index contributed by atoms with van der Waals surface area (Å²) < 4.78 is 4.78. The summed E-state index contributed by atoms with van der Waals surface area (Å²) in [6.45, 7) is 1.88. The smallest absolute Gasteiger partial charge is 0.338 e. The van der Waals surface area contributed by atoms with Gasteiger partial charge in [-0.2, -0.15) is 0 Å². The first-order valence-corrected chi connectivity index (χ1v) is 7.39. The van der Waals surface area contributed by atoms with Crippen LogP contribution in [-0.4, -0.2) is 31.1 Å². The van der Waals surface area contributed by atoms with Crippen LogP contribution in [0, 0.1) is 0 Å². The Morgan fingerprint density at radius 2 is 1.91 bits per heavy atom. The number of carbonyl (C=O) groups is 3. The SMILES string of the molecule is CCCCNC(=O)NC(=O)COC(=O)c1ccc(Cl)c(Cl)c1. The molecule has 0 spiro atoms. The number of hydrogen-bond acceptors (Lipinski definition) is 4. The standard InChI is InChI=1S/C14H16Cl2N2O4/c1-2-3-6-17-14(21)18-12(19)8-22-13(20)9-4-5-10(15)11(16)7-9/h4-5,7H,2-3,6,8H2,1H3,(H2,17,18,19,21). The van der Waals surface area contributed by atoms with Crippen LogP contribution >= 0.6 is 23.2 Å². The molecule has 1 rings (SSSR count). The number of carbonyl (C=O) groups excluding carboxylic acids is 3. The minimum atomic E-state index is -0.736. The number of nitrogens with one attached hydrogen (secondary N) is 2. The second-order valence-corrected chi connectivity index (χ2v) is 5.18. The maximum absolute atomic E-state index is 11.7. The first kappa shape index (κ1) is 18.3. The molecule has 0 saturated heterocycles. The van der Waals surface area contributed by atoms with Crippen molar-refractivity contribution in [1.29, 1.82) is 0 Å². The van der Waals surface area contributed by atoms with Gasteiger partial charge in [-0.1, -0.05) is 36.5 Å². The monoisotopic (exact) mass is 346 g/mol. The first-order chi connectivity index (χ1) is 10.4. The molecule has 6 nitrogen and oxygen atoms in total. The molecule has 3 amide bonds. The van der Waals surface area contributed by atoms with Crippen LogP contribution in [0.5, 0.6) is 0 Å². The predicted octanol–water partition coefficient (Wildman–Crippen LogP) is 2.78. The number of urea groups is 1. The van der Waals surface area contributed by atoms with Crippen molar-refractivity contribution in [1.82, 2.24) is 10.6 Å². The van der Waals surface area contributed by atoms with Gasteiger partial charge in [-0.05, 0) is 24.6 Å². The van der Waals surface area contributed by atoms with Crippen LogP contribution in [-0.2, 0) is 9.53 Å². The van der Waals surface area contributed by atoms with Crippen LogP contribution in [0.15, 0.2) is 18.2 Å². The van der Waals surface area contributed by atoms with Crippen molar-refractivity contribution in [2.75, 3.05) is 13.2 Å². The number of hydrogen-bond donors (Lipinski definition) is 2. The lowest BCUT2D eigenvalue weighted by Gasteiger charge is -2.07. The molecule has 2 N–H and O–H groups in total. The summed E-state index contributed by atoms with van der Waals surface area (Å²) in [4.78, 5) is 34.5. The highest BCUT2D eigenvalue weighted by Crippen LogP contribution is 2.22. The molecule has 1 aromatic rings. The Morgan fingerprint density at radius 1 is 1.18 bits per heavy atom. The quantitative estimate of drug-likeness (QED) is 0.612. The number of benzene rings is 1. The van der Waals surface area contributed by atoms with Gasteiger partial charge in [-0.25, -0.2) is 9.59 Å². The summed E-state index contributed by atoms with van der Waals surface area (Å²) in [5.74, 6) is -1.46. The van der Waals surface area contributed by atoms with Crippen LogP contribution in [0.2, 0.25) is 10.0 Å². The average Bonchev–Trinajstić information content (AvgIpc) is 2.48. The molecular weight excluding hydrogens is 331 g/mol. The third kappa shape index (κ3) is 6.32. The number of unbranched alkanes of at least 4 members (excludes halogenated alkanes) is 1. The zero-order valence-electron chi connectivity index (χ0n) is 11.9. The second-order valence-electron chi connectivity index (χ2n) is 4.36. The van der Waals surface area contributed by atoms with Gasteiger partial charge in [-0.3, -0.25) is 10.1 Å². The minimum Gasteiger partial charge on any atom is -0.452 e. The van der Waals surface area contributed by atoms with E-state index in [2.05, 4.69) is 10.6 Å². The average molecular weight is 347 g/mol. The Hall–Kier alpha value is -1.79. The van der Waals surface area contributed by atoms with Gasteiger partial charge < -0.3 is 10.1 Å². The van der Waals surface area contributed by atoms with Gasteiger partial charge in [0.05, 0.1) is 15.6 Å². The Morgan fingerprint density at radius 3 is 2.55 bits per heavy atom. The highest BCUT2D eigenvalue weighted by Gasteiger charge is 2.13. The molecule has 120 valence electrons. The van der Waals surface area contributed by atoms with Crippen molar-refractivity contribution in [3.8, 4) is 0 Å². The van der Waals surface area contributed by atoms with Gasteiger partial charge in [-0.15, -0.1) is 0 Å². The van der Waals surface area contributed by atoms with Gasteiger partial charge in [0.25, 0.3) is 5.91 Å². The summed E-state index contributed by atoms with van der Waals surface area (Å²) in [6, 6.07) is 3.58. The van der Waals surface area contributed by atoms with Gasteiger partial charge in [0.1, 0.15) is 0 Å². The van der Waals surface area contributed by atoms with Gasteiger partial charge in [0, 0.05) is 6.54 Å². The largest absolute Gasteiger partial charge is 0.452 e. The lowest BCUT2D eigenvalue weighted by atomic mass is 10.2. The third-order valence-corrected chi connectivity index (χ3v) is 3.30. The molecule has 0 radical (unpaired) electrons. The van der Waals surface area contributed by atoms with E-state index in [4.69, 9.17) is 27.9 Å². The molecule has 0 fully saturated rings. The van der Waals surface area contributed by atoms with E-state index in [0.29, 0.717) is 11.6 Å². The molecule has 1 aromatic carbocycles. The number of esters is 1. The minimum absolute atomic E-state index is 0.162. The Kier molecular flexibility index (Phi) is 7.70. The molecule has 0 saturated carbocycles. The second kappa shape index (κ2) is 9.27. The molecule has 0 unspecified atom stereocenters. The number of halogens is 2. The normalized spacial score (nSPS) is 9.95. The van der Waals surface area contributed by atoms with Crippen molar-refractivity contribution in [3.63, 3.8) is 0 Å². The van der Waals surface area contributed by atoms with Crippen molar-refractivity contribution in [2.45, 2.75) is 19.8 Å². The molecule has 0 heterocycles. The maximum atomic E-state index is 11.7. The van der Waals surface area contributed by atoms with E-state index in [1.54, 1.807) is 0 Å². The lowest BCUT2D eigenvalue weighted by molar-refractivity contribution is -0.123. The fourth-order valence-corrected chi connectivity index (χ4v) is 1.72. The molecule has 8 heteroatoms. The van der Waals surface area contributed by atoms with Crippen molar-refractivity contribution < 1.29 is 19.1 Å². The van der Waals surface area contributed by atoms with Gasteiger partial charge in [0.15, 0.2) is 6.61 Å². The van der Waals surface area contributed by atoms with Crippen molar-refractivity contribution in [3.05, 3.63) is 33.8 Å². The summed E-state index contributed by atoms with van der Waals surface area (Å²) in [5.41, 5.74) is 0.162. The number of amides is 3. The van der Waals surface area contributed by atoms with Crippen LogP contribution in [0.1, 0.15) is 30.1 Å².